The molecule has 0 saturated heterocycles. The largest absolute Gasteiger partial charge is 2.00 e. The van der Waals surface area contributed by atoms with Crippen molar-refractivity contribution in [2.45, 2.75) is 0 Å². The molecule has 0 aromatic carbocycles. The molecule has 5 heavy (non-hydrogen) atoms. The van der Waals surface area contributed by atoms with E-state index in [9.17, 15) is 0 Å². The Hall–Kier alpha value is 1.64. The molecular weight excluding hydrogens is 341 g/mol. The molecule has 0 aliphatic rings. The standard InChI is InChI=1S/CO.Co.2HI/c1-2;;;/h;;2*1H/q;+2;;/p-2. The minimum atomic E-state index is 0. The maximum atomic E-state index is 7.50. The first kappa shape index (κ1) is 30.3. The van der Waals surface area contributed by atoms with Gasteiger partial charge in [-0.3, -0.25) is 4.79 Å². The number of halogens is 2. The summed E-state index contributed by atoms with van der Waals surface area (Å²) in [7, 11) is 0. The van der Waals surface area contributed by atoms with Crippen molar-refractivity contribution in [1.29, 1.82) is 0 Å². The average molecular weight is 341 g/mol. The van der Waals surface area contributed by atoms with Crippen LogP contribution in [0.25, 0.3) is 0 Å². The van der Waals surface area contributed by atoms with Gasteiger partial charge in [-0.1, -0.05) is 0 Å². The van der Waals surface area contributed by atoms with Crippen molar-refractivity contribution in [3.05, 3.63) is 0 Å². The molecule has 4 heteroatoms. The van der Waals surface area contributed by atoms with Gasteiger partial charge in [-0.25, -0.2) is 0 Å². The van der Waals surface area contributed by atoms with Crippen LogP contribution < -0.4 is 48.0 Å². The Balaban J connectivity index is -0.00000000167. The van der Waals surface area contributed by atoms with Crippen LogP contribution in [0.4, 0.5) is 0 Å². The minimum absolute atomic E-state index is 0. The zero-order chi connectivity index (χ0) is 2.00. The molecule has 0 amide bonds. The van der Waals surface area contributed by atoms with Crippen molar-refractivity contribution < 1.29 is 69.5 Å². The van der Waals surface area contributed by atoms with Gasteiger partial charge in [-0.15, -0.1) is 0 Å². The Kier molecular flexibility index (Phi) is 274. The predicted molar refractivity (Wildman–Crippen MR) is 5.69 cm³/mol. The topological polar surface area (TPSA) is 17.1 Å². The van der Waals surface area contributed by atoms with Gasteiger partial charge in [0.2, 0.25) is 0 Å². The van der Waals surface area contributed by atoms with Gasteiger partial charge in [0.1, 0.15) is 0 Å². The van der Waals surface area contributed by atoms with Gasteiger partial charge >= 0.3 is 16.8 Å². The normalized spacial score (nSPS) is 0.800. The van der Waals surface area contributed by atoms with Gasteiger partial charge in [0, 0.05) is 0 Å². The van der Waals surface area contributed by atoms with E-state index in [0.29, 0.717) is 0 Å². The van der Waals surface area contributed by atoms with Crippen LogP contribution in [0, 0.1) is 0 Å². The maximum absolute atomic E-state index is 7.50. The Morgan fingerprint density at radius 2 is 1.00 bits per heavy atom. The van der Waals surface area contributed by atoms with E-state index in [1.54, 1.807) is 0 Å². The third-order valence-corrected chi connectivity index (χ3v) is 0. The van der Waals surface area contributed by atoms with Crippen LogP contribution in [0.5, 0.6) is 0 Å². The molecule has 3 radical (unpaired) electrons. The number of hydrogen-bond acceptors (Lipinski definition) is 1. The summed E-state index contributed by atoms with van der Waals surface area (Å²) >= 11 is 0. The molecule has 0 atom stereocenters. The van der Waals surface area contributed by atoms with Gasteiger partial charge in [0.25, 0.3) is 6.79 Å². The minimum Gasteiger partial charge on any atom is -1.00 e. The molecule has 1 nitrogen and oxygen atoms in total. The monoisotopic (exact) mass is 341 g/mol. The van der Waals surface area contributed by atoms with E-state index < -0.39 is 0 Å². The maximum Gasteiger partial charge on any atom is 2.00 e. The van der Waals surface area contributed by atoms with Crippen LogP contribution in [-0.2, 0) is 21.6 Å². The molecule has 0 fully saturated rings. The van der Waals surface area contributed by atoms with E-state index in [1.807, 2.05) is 0 Å². The molecule has 0 spiro atoms. The molecule has 0 aliphatic heterocycles. The average Bonchev–Trinajstić information content (AvgIpc) is 1.00. The van der Waals surface area contributed by atoms with Crippen LogP contribution in [0.2, 0.25) is 0 Å². The zero-order valence-corrected chi connectivity index (χ0v) is 7.35. The van der Waals surface area contributed by atoms with Gasteiger partial charge in [-0.05, 0) is 0 Å². The van der Waals surface area contributed by atoms with Crippen molar-refractivity contribution in [3.8, 4) is 0 Å². The fourth-order valence-corrected chi connectivity index (χ4v) is 0. The summed E-state index contributed by atoms with van der Waals surface area (Å²) in [5, 5.41) is 0. The molecule has 0 aromatic heterocycles. The van der Waals surface area contributed by atoms with Gasteiger partial charge < -0.3 is 48.0 Å². The molecule has 0 aromatic rings. The van der Waals surface area contributed by atoms with E-state index >= 15 is 0 Å². The van der Waals surface area contributed by atoms with Crippen molar-refractivity contribution in [3.63, 3.8) is 0 Å². The summed E-state index contributed by atoms with van der Waals surface area (Å²) in [5.74, 6) is 0. The van der Waals surface area contributed by atoms with Crippen molar-refractivity contribution in [1.82, 2.24) is 0 Å². The second-order valence-electron chi connectivity index (χ2n) is 0. The number of hydrogen-bond donors (Lipinski definition) is 0. The third kappa shape index (κ3) is 27.8. The molecular formula is CCoI2O. The van der Waals surface area contributed by atoms with Crippen molar-refractivity contribution in [2.75, 3.05) is 0 Å². The van der Waals surface area contributed by atoms with Crippen LogP contribution >= 0.6 is 0 Å². The zero-order valence-electron chi connectivity index (χ0n) is 2.00. The van der Waals surface area contributed by atoms with Gasteiger partial charge in [0.15, 0.2) is 0 Å². The first-order valence-corrected chi connectivity index (χ1v) is 0.204. The Bertz CT molecular complexity index is 9.61. The fourth-order valence-electron chi connectivity index (χ4n) is 0. The molecule has 0 saturated carbocycles. The smallest absolute Gasteiger partial charge is 1.00 e. The first-order valence-electron chi connectivity index (χ1n) is 0.204. The van der Waals surface area contributed by atoms with E-state index in [0.717, 1.165) is 0 Å². The van der Waals surface area contributed by atoms with E-state index in [-0.39, 0.29) is 64.7 Å². The molecule has 0 unspecified atom stereocenters. The summed E-state index contributed by atoms with van der Waals surface area (Å²) in [5.41, 5.74) is 0. The Labute approximate surface area is 75.5 Å². The molecule has 0 heterocycles. The van der Waals surface area contributed by atoms with Crippen LogP contribution in [0.3, 0.4) is 0 Å². The molecule has 0 bridgehead atoms. The summed E-state index contributed by atoms with van der Waals surface area (Å²) < 4.78 is 0. The SMILES string of the molecule is [C]=O.[Co+2].[I-].[I-]. The Morgan fingerprint density at radius 3 is 1.00 bits per heavy atom. The third-order valence-electron chi connectivity index (χ3n) is 0. The summed E-state index contributed by atoms with van der Waals surface area (Å²) in [6, 6.07) is 0. The number of rotatable bonds is 0. The van der Waals surface area contributed by atoms with Crippen molar-refractivity contribution >= 4 is 6.79 Å². The summed E-state index contributed by atoms with van der Waals surface area (Å²) in [4.78, 5) is 7.50. The number of carbonyl (C=O) groups excluding carboxylic acids is 1. The van der Waals surface area contributed by atoms with Gasteiger partial charge in [0.05, 0.1) is 0 Å². The van der Waals surface area contributed by atoms with Gasteiger partial charge in [-0.2, -0.15) is 0 Å². The molecule has 0 rings (SSSR count). The second kappa shape index (κ2) is 45.2. The fraction of sp³-hybridized carbons (Fsp3) is 0. The van der Waals surface area contributed by atoms with Crippen LogP contribution in [-0.4, -0.2) is 6.79 Å². The quantitative estimate of drug-likeness (QED) is 0.401. The van der Waals surface area contributed by atoms with E-state index in [1.165, 1.54) is 0 Å². The molecule has 0 aliphatic carbocycles. The summed E-state index contributed by atoms with van der Waals surface area (Å²) in [6.07, 6.45) is 0. The first-order chi connectivity index (χ1) is 1.00. The second-order valence-corrected chi connectivity index (χ2v) is 0. The van der Waals surface area contributed by atoms with Crippen LogP contribution in [0.1, 0.15) is 0 Å². The van der Waals surface area contributed by atoms with E-state index in [4.69, 9.17) is 4.79 Å². The van der Waals surface area contributed by atoms with Crippen LogP contribution in [0.15, 0.2) is 0 Å². The summed E-state index contributed by atoms with van der Waals surface area (Å²) in [6.45, 7) is 4.50. The molecule has 33 valence electrons. The molecule has 0 N–H and O–H groups in total. The van der Waals surface area contributed by atoms with Crippen molar-refractivity contribution in [2.24, 2.45) is 0 Å². The van der Waals surface area contributed by atoms with E-state index in [2.05, 4.69) is 6.79 Å². The predicted octanol–water partition coefficient (Wildman–Crippen LogP) is -6.39. The Morgan fingerprint density at radius 1 is 1.00 bits per heavy atom.